The van der Waals surface area contributed by atoms with Gasteiger partial charge >= 0.3 is 0 Å². The third-order valence-electron chi connectivity index (χ3n) is 1.73. The molecule has 0 aromatic heterocycles. The third-order valence-corrected chi connectivity index (χ3v) is 1.73. The standard InChI is InChI=1S/C9H6FN2O/c10-9-6-5-7-3-1-2-4-8(7)12(13)11-9/h1-6H/q-1. The van der Waals surface area contributed by atoms with Gasteiger partial charge in [-0.25, -0.2) is 0 Å². The number of hydrogen-bond acceptors (Lipinski definition) is 3. The van der Waals surface area contributed by atoms with Gasteiger partial charge in [-0.3, -0.25) is 0 Å². The molecule has 0 aliphatic carbocycles. The van der Waals surface area contributed by atoms with Gasteiger partial charge < -0.3 is 10.4 Å². The molecule has 0 saturated carbocycles. The normalized spacial score (nSPS) is 14.9. The lowest BCUT2D eigenvalue weighted by Gasteiger charge is -2.24. The van der Waals surface area contributed by atoms with Crippen molar-refractivity contribution >= 4 is 17.7 Å². The second kappa shape index (κ2) is 2.99. The van der Waals surface area contributed by atoms with E-state index in [2.05, 4.69) is 5.10 Å². The van der Waals surface area contributed by atoms with E-state index in [1.54, 1.807) is 24.3 Å². The van der Waals surface area contributed by atoms with E-state index in [1.165, 1.54) is 6.08 Å². The molecule has 2 rings (SSSR count). The first-order chi connectivity index (χ1) is 6.27. The smallest absolute Gasteiger partial charge is 0.230 e. The number of hydrogen-bond donors (Lipinski definition) is 0. The molecule has 3 nitrogen and oxygen atoms in total. The number of anilines is 1. The summed E-state index contributed by atoms with van der Waals surface area (Å²) in [6.07, 6.45) is 2.68. The molecule has 0 bridgehead atoms. The van der Waals surface area contributed by atoms with E-state index < -0.39 is 5.97 Å². The van der Waals surface area contributed by atoms with Crippen LogP contribution in [-0.4, -0.2) is 5.97 Å². The van der Waals surface area contributed by atoms with E-state index in [0.717, 1.165) is 6.08 Å². The van der Waals surface area contributed by atoms with Crippen molar-refractivity contribution in [3.05, 3.63) is 41.1 Å². The fraction of sp³-hybridized carbons (Fsp3) is 0. The van der Waals surface area contributed by atoms with Crippen LogP contribution in [0.25, 0.3) is 6.08 Å². The van der Waals surface area contributed by atoms with Crippen molar-refractivity contribution in [3.63, 3.8) is 0 Å². The molecule has 1 heterocycles. The van der Waals surface area contributed by atoms with Crippen LogP contribution in [0.3, 0.4) is 0 Å². The molecule has 0 fully saturated rings. The molecule has 0 atom stereocenters. The Bertz CT molecular complexity index is 387. The molecule has 1 aliphatic heterocycles. The SMILES string of the molecule is [O-]N1N=C(F)C=Cc2ccccc21. The summed E-state index contributed by atoms with van der Waals surface area (Å²) < 4.78 is 12.7. The maximum Gasteiger partial charge on any atom is 0.230 e. The monoisotopic (exact) mass is 177 g/mol. The molecule has 66 valence electrons. The number of benzene rings is 1. The number of hydrazone groups is 1. The molecule has 1 aromatic carbocycles. The molecule has 0 amide bonds. The summed E-state index contributed by atoms with van der Waals surface area (Å²) in [6, 6.07) is 6.80. The van der Waals surface area contributed by atoms with Crippen molar-refractivity contribution < 1.29 is 4.39 Å². The van der Waals surface area contributed by atoms with Gasteiger partial charge in [0.2, 0.25) is 5.97 Å². The zero-order chi connectivity index (χ0) is 9.26. The average molecular weight is 177 g/mol. The molecule has 1 aromatic rings. The highest BCUT2D eigenvalue weighted by Crippen LogP contribution is 2.23. The lowest BCUT2D eigenvalue weighted by molar-refractivity contribution is 0.799. The van der Waals surface area contributed by atoms with E-state index in [1.807, 2.05) is 0 Å². The van der Waals surface area contributed by atoms with Crippen molar-refractivity contribution in [2.75, 3.05) is 5.17 Å². The molecule has 0 radical (unpaired) electrons. The molecule has 0 spiro atoms. The largest absolute Gasteiger partial charge is 0.737 e. The minimum absolute atomic E-state index is 0.282. The number of para-hydroxylation sites is 1. The second-order valence-corrected chi connectivity index (χ2v) is 2.59. The zero-order valence-electron chi connectivity index (χ0n) is 6.64. The van der Waals surface area contributed by atoms with Gasteiger partial charge in [-0.1, -0.05) is 18.2 Å². The first-order valence-corrected chi connectivity index (χ1v) is 3.76. The van der Waals surface area contributed by atoms with Gasteiger partial charge in [-0.05, 0) is 23.8 Å². The van der Waals surface area contributed by atoms with E-state index in [4.69, 9.17) is 0 Å². The maximum atomic E-state index is 12.7. The Morgan fingerprint density at radius 1 is 1.23 bits per heavy atom. The Labute approximate surface area is 74.4 Å². The van der Waals surface area contributed by atoms with E-state index in [0.29, 0.717) is 11.3 Å². The predicted octanol–water partition coefficient (Wildman–Crippen LogP) is 2.30. The van der Waals surface area contributed by atoms with Gasteiger partial charge in [0.05, 0.1) is 5.69 Å². The summed E-state index contributed by atoms with van der Waals surface area (Å²) in [7, 11) is 0. The van der Waals surface area contributed by atoms with Crippen LogP contribution >= 0.6 is 0 Å². The number of allylic oxidation sites excluding steroid dienone is 1. The van der Waals surface area contributed by atoms with Crippen molar-refractivity contribution in [1.29, 1.82) is 0 Å². The summed E-state index contributed by atoms with van der Waals surface area (Å²) in [6.45, 7) is 0. The molecular weight excluding hydrogens is 171 g/mol. The Morgan fingerprint density at radius 2 is 2.00 bits per heavy atom. The Hall–Kier alpha value is -1.68. The Kier molecular flexibility index (Phi) is 1.83. The van der Waals surface area contributed by atoms with E-state index in [9.17, 15) is 9.60 Å². The predicted molar refractivity (Wildman–Crippen MR) is 49.9 cm³/mol. The molecule has 0 N–H and O–H groups in total. The quantitative estimate of drug-likeness (QED) is 0.609. The molecule has 0 saturated heterocycles. The van der Waals surface area contributed by atoms with Crippen LogP contribution in [0.4, 0.5) is 10.1 Å². The van der Waals surface area contributed by atoms with Crippen LogP contribution in [0, 0.1) is 5.21 Å². The summed E-state index contributed by atoms with van der Waals surface area (Å²) in [4.78, 5) is 0. The van der Waals surface area contributed by atoms with Crippen LogP contribution in [0.1, 0.15) is 5.56 Å². The third kappa shape index (κ3) is 1.43. The summed E-state index contributed by atoms with van der Waals surface area (Å²) in [5, 5.41) is 14.6. The van der Waals surface area contributed by atoms with Crippen LogP contribution in [0.15, 0.2) is 35.4 Å². The summed E-state index contributed by atoms with van der Waals surface area (Å²) in [5.74, 6) is -0.786. The number of nitrogens with zero attached hydrogens (tertiary/aromatic N) is 2. The number of rotatable bonds is 0. The van der Waals surface area contributed by atoms with Gasteiger partial charge in [0.1, 0.15) is 0 Å². The summed E-state index contributed by atoms with van der Waals surface area (Å²) in [5.41, 5.74) is 1.01. The highest BCUT2D eigenvalue weighted by molar-refractivity contribution is 5.94. The first-order valence-electron chi connectivity index (χ1n) is 3.76. The van der Waals surface area contributed by atoms with Crippen molar-refractivity contribution in [2.45, 2.75) is 0 Å². The second-order valence-electron chi connectivity index (χ2n) is 2.59. The lowest BCUT2D eigenvalue weighted by Crippen LogP contribution is -2.07. The first kappa shape index (κ1) is 7.94. The van der Waals surface area contributed by atoms with Gasteiger partial charge in [0.15, 0.2) is 0 Å². The molecule has 0 unspecified atom stereocenters. The van der Waals surface area contributed by atoms with Gasteiger partial charge in [-0.15, -0.1) is 0 Å². The number of halogens is 1. The Morgan fingerprint density at radius 3 is 2.85 bits per heavy atom. The van der Waals surface area contributed by atoms with Crippen molar-refractivity contribution in [2.24, 2.45) is 5.10 Å². The van der Waals surface area contributed by atoms with Gasteiger partial charge in [0.25, 0.3) is 0 Å². The molecular formula is C9H6FN2O-. The fourth-order valence-corrected chi connectivity index (χ4v) is 1.14. The lowest BCUT2D eigenvalue weighted by atomic mass is 10.2. The highest BCUT2D eigenvalue weighted by Gasteiger charge is 2.04. The fourth-order valence-electron chi connectivity index (χ4n) is 1.14. The Balaban J connectivity index is 2.55. The van der Waals surface area contributed by atoms with E-state index in [-0.39, 0.29) is 5.17 Å². The van der Waals surface area contributed by atoms with Gasteiger partial charge in [-0.2, -0.15) is 9.49 Å². The maximum absolute atomic E-state index is 12.7. The van der Waals surface area contributed by atoms with Crippen LogP contribution in [0.5, 0.6) is 0 Å². The minimum atomic E-state index is -0.786. The van der Waals surface area contributed by atoms with Crippen LogP contribution in [0.2, 0.25) is 0 Å². The molecule has 13 heavy (non-hydrogen) atoms. The van der Waals surface area contributed by atoms with Crippen LogP contribution in [-0.2, 0) is 0 Å². The summed E-state index contributed by atoms with van der Waals surface area (Å²) >= 11 is 0. The number of fused-ring (bicyclic) bond motifs is 1. The minimum Gasteiger partial charge on any atom is -0.737 e. The van der Waals surface area contributed by atoms with Crippen LogP contribution < -0.4 is 5.17 Å². The highest BCUT2D eigenvalue weighted by atomic mass is 19.1. The topological polar surface area (TPSA) is 38.7 Å². The van der Waals surface area contributed by atoms with E-state index >= 15 is 0 Å². The molecule has 4 heteroatoms. The molecule has 1 aliphatic rings. The van der Waals surface area contributed by atoms with Gasteiger partial charge in [0, 0.05) is 0 Å². The zero-order valence-corrected chi connectivity index (χ0v) is 6.64. The van der Waals surface area contributed by atoms with Crippen molar-refractivity contribution in [3.8, 4) is 0 Å². The average Bonchev–Trinajstić information content (AvgIpc) is 2.27. The van der Waals surface area contributed by atoms with Crippen molar-refractivity contribution in [1.82, 2.24) is 0 Å².